The van der Waals surface area contributed by atoms with E-state index in [-0.39, 0.29) is 18.1 Å². The number of hydrogen-bond donors (Lipinski definition) is 1. The molecule has 7 nitrogen and oxygen atoms in total. The molecule has 2 aliphatic carbocycles. The van der Waals surface area contributed by atoms with Crippen molar-refractivity contribution < 1.29 is 29.0 Å². The number of rotatable bonds is 8. The molecular formula is C31H32BrNO6. The smallest absolute Gasteiger partial charge is 0.323 e. The van der Waals surface area contributed by atoms with Gasteiger partial charge in [-0.1, -0.05) is 29.8 Å². The number of aryl methyl sites for hydroxylation is 1. The summed E-state index contributed by atoms with van der Waals surface area (Å²) < 4.78 is 12.9. The minimum atomic E-state index is -0.986. The molecule has 1 heterocycles. The third kappa shape index (κ3) is 5.39. The molecule has 0 radical (unpaired) electrons. The Hall–Kier alpha value is -3.39. The fourth-order valence-electron chi connectivity index (χ4n) is 5.87. The molecule has 1 aliphatic heterocycles. The molecule has 0 spiro atoms. The summed E-state index contributed by atoms with van der Waals surface area (Å²) in [6.45, 7) is 4.44. The Bertz CT molecular complexity index is 1350. The van der Waals surface area contributed by atoms with Crippen LogP contribution in [0.15, 0.2) is 63.4 Å². The van der Waals surface area contributed by atoms with Crippen molar-refractivity contribution in [3.05, 3.63) is 80.1 Å². The second-order valence-electron chi connectivity index (χ2n) is 10.2. The first-order chi connectivity index (χ1) is 18.8. The zero-order valence-corrected chi connectivity index (χ0v) is 23.8. The van der Waals surface area contributed by atoms with Gasteiger partial charge in [-0.05, 0) is 78.7 Å². The zero-order chi connectivity index (χ0) is 27.7. The zero-order valence-electron chi connectivity index (χ0n) is 22.2. The fraction of sp³-hybridized carbons (Fsp3) is 0.387. The summed E-state index contributed by atoms with van der Waals surface area (Å²) in [6, 6.07) is 11.9. The number of nitrogens with zero attached hydrogens (tertiary/aromatic N) is 1. The Balaban J connectivity index is 1.61. The van der Waals surface area contributed by atoms with Crippen molar-refractivity contribution in [3.63, 3.8) is 0 Å². The predicted molar refractivity (Wildman–Crippen MR) is 150 cm³/mol. The van der Waals surface area contributed by atoms with Crippen molar-refractivity contribution in [3.8, 4) is 11.5 Å². The lowest BCUT2D eigenvalue weighted by Crippen LogP contribution is -2.41. The van der Waals surface area contributed by atoms with Gasteiger partial charge in [-0.25, -0.2) is 0 Å². The second kappa shape index (κ2) is 11.4. The van der Waals surface area contributed by atoms with Crippen LogP contribution in [0, 0.1) is 6.92 Å². The number of Topliss-reactive ketones (excluding diaryl/α,β-unsaturated/α-hetero) is 2. The van der Waals surface area contributed by atoms with Gasteiger partial charge in [-0.15, -0.1) is 0 Å². The Labute approximate surface area is 236 Å². The molecule has 204 valence electrons. The Morgan fingerprint density at radius 2 is 1.59 bits per heavy atom. The van der Waals surface area contributed by atoms with Crippen LogP contribution in [0.1, 0.15) is 68.1 Å². The molecule has 3 aliphatic rings. The van der Waals surface area contributed by atoms with E-state index >= 15 is 0 Å². The summed E-state index contributed by atoms with van der Waals surface area (Å²) in [7, 11) is 0. The molecule has 0 fully saturated rings. The monoisotopic (exact) mass is 593 g/mol. The molecule has 0 unspecified atom stereocenters. The third-order valence-electron chi connectivity index (χ3n) is 7.55. The molecule has 2 aromatic rings. The van der Waals surface area contributed by atoms with Crippen LogP contribution in [0.25, 0.3) is 0 Å². The topological polar surface area (TPSA) is 93.1 Å². The molecule has 8 heteroatoms. The lowest BCUT2D eigenvalue weighted by molar-refractivity contribution is -0.138. The summed E-state index contributed by atoms with van der Waals surface area (Å²) in [5.41, 5.74) is 5.51. The van der Waals surface area contributed by atoms with Crippen LogP contribution in [0.4, 0.5) is 0 Å². The minimum absolute atomic E-state index is 0.0321. The number of carbonyl (C=O) groups excluding carboxylic acids is 2. The van der Waals surface area contributed by atoms with E-state index < -0.39 is 11.9 Å². The normalized spacial score (nSPS) is 17.8. The van der Waals surface area contributed by atoms with Crippen molar-refractivity contribution in [2.24, 2.45) is 0 Å². The van der Waals surface area contributed by atoms with Crippen LogP contribution in [-0.2, 0) is 21.0 Å². The van der Waals surface area contributed by atoms with Crippen LogP contribution >= 0.6 is 15.9 Å². The first-order valence-corrected chi connectivity index (χ1v) is 14.2. The molecule has 0 saturated carbocycles. The lowest BCUT2D eigenvalue weighted by Gasteiger charge is -2.43. The first-order valence-electron chi connectivity index (χ1n) is 13.4. The molecule has 0 saturated heterocycles. The molecule has 1 N–H and O–H groups in total. The van der Waals surface area contributed by atoms with Gasteiger partial charge in [0.15, 0.2) is 23.1 Å². The predicted octanol–water partition coefficient (Wildman–Crippen LogP) is 6.23. The second-order valence-corrected chi connectivity index (χ2v) is 11.1. The number of benzene rings is 2. The number of hydrogen-bond acceptors (Lipinski definition) is 6. The van der Waals surface area contributed by atoms with Crippen LogP contribution in [-0.4, -0.2) is 40.7 Å². The van der Waals surface area contributed by atoms with E-state index in [1.807, 2.05) is 50.2 Å². The van der Waals surface area contributed by atoms with E-state index in [1.165, 1.54) is 5.56 Å². The van der Waals surface area contributed by atoms with Gasteiger partial charge in [0.2, 0.25) is 0 Å². The van der Waals surface area contributed by atoms with E-state index in [0.717, 1.165) is 22.5 Å². The maximum absolute atomic E-state index is 13.4. The van der Waals surface area contributed by atoms with Gasteiger partial charge in [0.1, 0.15) is 13.2 Å². The van der Waals surface area contributed by atoms with Crippen molar-refractivity contribution in [2.75, 3.05) is 13.2 Å². The summed E-state index contributed by atoms with van der Waals surface area (Å²) in [5, 5.41) is 9.68. The van der Waals surface area contributed by atoms with Crippen LogP contribution in [0.3, 0.4) is 0 Å². The molecular weight excluding hydrogens is 562 g/mol. The highest BCUT2D eigenvalue weighted by Gasteiger charge is 2.44. The first kappa shape index (κ1) is 27.2. The average molecular weight is 595 g/mol. The number of ketones is 2. The molecule has 0 bridgehead atoms. The quantitative estimate of drug-likeness (QED) is 0.387. The van der Waals surface area contributed by atoms with Crippen LogP contribution < -0.4 is 9.47 Å². The lowest BCUT2D eigenvalue weighted by atomic mass is 9.71. The summed E-state index contributed by atoms with van der Waals surface area (Å²) in [6.07, 6.45) is 3.29. The summed E-state index contributed by atoms with van der Waals surface area (Å²) in [4.78, 5) is 40.4. The molecule has 0 atom stereocenters. The van der Waals surface area contributed by atoms with E-state index in [1.54, 1.807) is 4.90 Å². The van der Waals surface area contributed by atoms with E-state index in [4.69, 9.17) is 9.47 Å². The highest BCUT2D eigenvalue weighted by atomic mass is 79.9. The summed E-state index contributed by atoms with van der Waals surface area (Å²) in [5.74, 6) is -0.539. The van der Waals surface area contributed by atoms with Crippen molar-refractivity contribution in [1.29, 1.82) is 0 Å². The largest absolute Gasteiger partial charge is 0.490 e. The van der Waals surface area contributed by atoms with Crippen LogP contribution in [0.2, 0.25) is 0 Å². The molecule has 0 amide bonds. The minimum Gasteiger partial charge on any atom is -0.490 e. The van der Waals surface area contributed by atoms with E-state index in [0.29, 0.717) is 78.9 Å². The van der Waals surface area contributed by atoms with E-state index in [9.17, 15) is 19.5 Å². The third-order valence-corrected chi connectivity index (χ3v) is 8.14. The maximum Gasteiger partial charge on any atom is 0.323 e. The molecule has 39 heavy (non-hydrogen) atoms. The SMILES string of the molecule is CCOc1cc(C2C3=C(CCCC3=O)N(CC(=O)O)C3=C2C(=O)CCC3)cc(Br)c1OCc1ccc(C)cc1. The number of aliphatic carboxylic acids is 1. The van der Waals surface area contributed by atoms with Gasteiger partial charge in [0.25, 0.3) is 0 Å². The number of carboxylic acids is 1. The van der Waals surface area contributed by atoms with Crippen molar-refractivity contribution in [1.82, 2.24) is 4.90 Å². The van der Waals surface area contributed by atoms with Crippen molar-refractivity contribution >= 4 is 33.5 Å². The maximum atomic E-state index is 13.4. The van der Waals surface area contributed by atoms with Gasteiger partial charge < -0.3 is 19.5 Å². The van der Waals surface area contributed by atoms with Gasteiger partial charge >= 0.3 is 5.97 Å². The fourth-order valence-corrected chi connectivity index (χ4v) is 6.45. The van der Waals surface area contributed by atoms with Crippen LogP contribution in [0.5, 0.6) is 11.5 Å². The Morgan fingerprint density at radius 3 is 2.15 bits per heavy atom. The van der Waals surface area contributed by atoms with Crippen molar-refractivity contribution in [2.45, 2.75) is 64.9 Å². The number of allylic oxidation sites excluding steroid dienone is 4. The number of carbonyl (C=O) groups is 3. The Morgan fingerprint density at radius 1 is 0.974 bits per heavy atom. The number of halogens is 1. The van der Waals surface area contributed by atoms with E-state index in [2.05, 4.69) is 15.9 Å². The van der Waals surface area contributed by atoms with Gasteiger partial charge in [-0.2, -0.15) is 0 Å². The number of ether oxygens (including phenoxy) is 2. The Kier molecular flexibility index (Phi) is 7.93. The number of carboxylic acid groups (broad SMARTS) is 1. The average Bonchev–Trinajstić information content (AvgIpc) is 2.90. The van der Waals surface area contributed by atoms with Gasteiger partial charge in [-0.3, -0.25) is 14.4 Å². The molecule has 0 aromatic heterocycles. The highest BCUT2D eigenvalue weighted by Crippen LogP contribution is 2.51. The molecule has 5 rings (SSSR count). The standard InChI is InChI=1S/C31H32BrNO6/c1-3-38-26-15-20(14-21(32)31(26)39-17-19-12-10-18(2)11-13-19)28-29-22(6-4-8-24(29)34)33(16-27(36)37)23-7-5-9-25(35)30(23)28/h10-15,28H,3-9,16-17H2,1-2H3,(H,36,37). The molecule has 2 aromatic carbocycles. The summed E-state index contributed by atoms with van der Waals surface area (Å²) >= 11 is 3.68. The van der Waals surface area contributed by atoms with Gasteiger partial charge in [0, 0.05) is 41.3 Å². The van der Waals surface area contributed by atoms with Gasteiger partial charge in [0.05, 0.1) is 11.1 Å². The highest BCUT2D eigenvalue weighted by molar-refractivity contribution is 9.10.